The second kappa shape index (κ2) is 5.38. The molecule has 8 heteroatoms. The van der Waals surface area contributed by atoms with Crippen LogP contribution in [0.4, 0.5) is 5.82 Å². The van der Waals surface area contributed by atoms with Crippen LogP contribution in [-0.4, -0.2) is 30.5 Å². The van der Waals surface area contributed by atoms with Gasteiger partial charge >= 0.3 is 0 Å². The number of carbonyl (C=O) groups excluding carboxylic acids is 1. The summed E-state index contributed by atoms with van der Waals surface area (Å²) in [6.07, 6.45) is 5.28. The first-order valence-corrected chi connectivity index (χ1v) is 7.52. The van der Waals surface area contributed by atoms with Crippen LogP contribution < -0.4 is 5.32 Å². The first-order valence-electron chi connectivity index (χ1n) is 7.52. The quantitative estimate of drug-likeness (QED) is 0.790. The highest BCUT2D eigenvalue weighted by atomic mass is 16.3. The molecule has 0 unspecified atom stereocenters. The minimum Gasteiger partial charge on any atom is -0.467 e. The van der Waals surface area contributed by atoms with Crippen molar-refractivity contribution in [3.8, 4) is 0 Å². The molecule has 0 radical (unpaired) electrons. The van der Waals surface area contributed by atoms with Crippen LogP contribution in [0, 0.1) is 0 Å². The fourth-order valence-corrected chi connectivity index (χ4v) is 2.96. The van der Waals surface area contributed by atoms with Gasteiger partial charge in [-0.05, 0) is 19.1 Å². The molecule has 4 rings (SSSR count). The summed E-state index contributed by atoms with van der Waals surface area (Å²) in [4.78, 5) is 16.5. The summed E-state index contributed by atoms with van der Waals surface area (Å²) < 4.78 is 8.92. The molecule has 1 amide bonds. The van der Waals surface area contributed by atoms with Crippen LogP contribution >= 0.6 is 0 Å². The molecule has 23 heavy (non-hydrogen) atoms. The monoisotopic (exact) mass is 312 g/mol. The fourth-order valence-electron chi connectivity index (χ4n) is 2.96. The van der Waals surface area contributed by atoms with Gasteiger partial charge in [-0.25, -0.2) is 14.3 Å². The van der Waals surface area contributed by atoms with Crippen LogP contribution in [0.25, 0.3) is 0 Å². The van der Waals surface area contributed by atoms with E-state index < -0.39 is 0 Å². The largest absolute Gasteiger partial charge is 0.467 e. The molecule has 0 saturated heterocycles. The maximum atomic E-state index is 12.2. The Hall–Kier alpha value is -2.90. The first-order chi connectivity index (χ1) is 11.3. The molecular weight excluding hydrogens is 296 g/mol. The second-order valence-electron chi connectivity index (χ2n) is 5.42. The highest BCUT2D eigenvalue weighted by molar-refractivity contribution is 5.94. The number of hydrogen-bond donors (Lipinski definition) is 1. The van der Waals surface area contributed by atoms with Crippen molar-refractivity contribution in [2.45, 2.75) is 32.4 Å². The maximum Gasteiger partial charge on any atom is 0.226 e. The number of fused-ring (bicyclic) bond motifs is 1. The molecule has 1 N–H and O–H groups in total. The van der Waals surface area contributed by atoms with Gasteiger partial charge in [-0.1, -0.05) is 0 Å². The van der Waals surface area contributed by atoms with E-state index in [2.05, 4.69) is 20.5 Å². The Morgan fingerprint density at radius 3 is 3.09 bits per heavy atom. The van der Waals surface area contributed by atoms with Crippen LogP contribution in [0.3, 0.4) is 0 Å². The zero-order chi connectivity index (χ0) is 15.8. The lowest BCUT2D eigenvalue weighted by Crippen LogP contribution is -2.26. The van der Waals surface area contributed by atoms with Crippen LogP contribution in [0.5, 0.6) is 0 Å². The van der Waals surface area contributed by atoms with E-state index in [0.717, 1.165) is 17.1 Å². The Kier molecular flexibility index (Phi) is 3.22. The van der Waals surface area contributed by atoms with Crippen LogP contribution in [-0.2, 0) is 17.9 Å². The summed E-state index contributed by atoms with van der Waals surface area (Å²) >= 11 is 0. The van der Waals surface area contributed by atoms with Crippen molar-refractivity contribution >= 4 is 11.7 Å². The van der Waals surface area contributed by atoms with Crippen molar-refractivity contribution in [1.29, 1.82) is 0 Å². The van der Waals surface area contributed by atoms with Crippen molar-refractivity contribution < 1.29 is 9.21 Å². The number of rotatable bonds is 4. The van der Waals surface area contributed by atoms with Crippen LogP contribution in [0.1, 0.15) is 36.4 Å². The number of nitrogens with one attached hydrogen (secondary N) is 1. The number of nitrogens with zero attached hydrogens (tertiary/aromatic N) is 5. The van der Waals surface area contributed by atoms with Gasteiger partial charge in [-0.15, -0.1) is 0 Å². The molecule has 0 saturated carbocycles. The molecule has 8 nitrogen and oxygen atoms in total. The smallest absolute Gasteiger partial charge is 0.226 e. The molecule has 0 fully saturated rings. The topological polar surface area (TPSA) is 90.8 Å². The SMILES string of the molecule is CCn1ncnc1[C@@H]1CC(=O)Nc2c1cnn2Cc1ccco1. The summed E-state index contributed by atoms with van der Waals surface area (Å²) in [7, 11) is 0. The van der Waals surface area contributed by atoms with E-state index in [1.165, 1.54) is 6.33 Å². The molecule has 3 aromatic heterocycles. The Labute approximate surface area is 132 Å². The Morgan fingerprint density at radius 1 is 1.39 bits per heavy atom. The molecule has 1 aliphatic heterocycles. The van der Waals surface area contributed by atoms with E-state index >= 15 is 0 Å². The lowest BCUT2D eigenvalue weighted by Gasteiger charge is -2.22. The minimum absolute atomic E-state index is 0.0469. The zero-order valence-corrected chi connectivity index (χ0v) is 12.6. The summed E-state index contributed by atoms with van der Waals surface area (Å²) in [5.41, 5.74) is 0.957. The van der Waals surface area contributed by atoms with Crippen molar-refractivity contribution in [3.63, 3.8) is 0 Å². The predicted molar refractivity (Wildman–Crippen MR) is 80.8 cm³/mol. The minimum atomic E-state index is -0.133. The second-order valence-corrected chi connectivity index (χ2v) is 5.42. The van der Waals surface area contributed by atoms with Gasteiger partial charge in [0, 0.05) is 18.5 Å². The lowest BCUT2D eigenvalue weighted by atomic mass is 9.93. The first kappa shape index (κ1) is 13.7. The molecule has 0 aromatic carbocycles. The summed E-state index contributed by atoms with van der Waals surface area (Å²) in [6.45, 7) is 3.18. The Balaban J connectivity index is 1.74. The highest BCUT2D eigenvalue weighted by Crippen LogP contribution is 2.36. The maximum absolute atomic E-state index is 12.2. The summed E-state index contributed by atoms with van der Waals surface area (Å²) in [6, 6.07) is 3.71. The van der Waals surface area contributed by atoms with Gasteiger partial charge < -0.3 is 9.73 Å². The van der Waals surface area contributed by atoms with E-state index in [1.807, 2.05) is 23.7 Å². The van der Waals surface area contributed by atoms with Gasteiger partial charge in [0.25, 0.3) is 0 Å². The third-order valence-corrected chi connectivity index (χ3v) is 4.03. The van der Waals surface area contributed by atoms with Crippen molar-refractivity contribution in [2.75, 3.05) is 5.32 Å². The van der Waals surface area contributed by atoms with Crippen molar-refractivity contribution in [1.82, 2.24) is 24.5 Å². The van der Waals surface area contributed by atoms with E-state index in [9.17, 15) is 4.79 Å². The molecule has 0 bridgehead atoms. The molecule has 3 aromatic rings. The number of anilines is 1. The average Bonchev–Trinajstić information content (AvgIpc) is 3.28. The predicted octanol–water partition coefficient (Wildman–Crippen LogP) is 1.61. The molecular formula is C15H16N6O2. The number of furan rings is 1. The van der Waals surface area contributed by atoms with Gasteiger partial charge in [-0.3, -0.25) is 4.79 Å². The standard InChI is InChI=1S/C15H16N6O2/c1-2-20-14(16-9-18-20)11-6-13(22)19-15-12(11)7-17-21(15)8-10-4-3-5-23-10/h3-5,7,9,11H,2,6,8H2,1H3,(H,19,22)/t11-/m1/s1. The molecule has 0 spiro atoms. The Morgan fingerprint density at radius 2 is 2.30 bits per heavy atom. The molecule has 118 valence electrons. The molecule has 4 heterocycles. The molecule has 1 aliphatic rings. The number of aromatic nitrogens is 5. The number of carbonyl (C=O) groups is 1. The average molecular weight is 312 g/mol. The van der Waals surface area contributed by atoms with Crippen LogP contribution in [0.15, 0.2) is 35.3 Å². The van der Waals surface area contributed by atoms with E-state index in [-0.39, 0.29) is 11.8 Å². The number of hydrogen-bond acceptors (Lipinski definition) is 5. The Bertz CT molecular complexity index is 832. The van der Waals surface area contributed by atoms with Gasteiger partial charge in [0.2, 0.25) is 5.91 Å². The molecule has 1 atom stereocenters. The lowest BCUT2D eigenvalue weighted by molar-refractivity contribution is -0.116. The van der Waals surface area contributed by atoms with Gasteiger partial charge in [0.15, 0.2) is 0 Å². The van der Waals surface area contributed by atoms with Gasteiger partial charge in [0.05, 0.1) is 18.4 Å². The van der Waals surface area contributed by atoms with Gasteiger partial charge in [0.1, 0.15) is 30.3 Å². The van der Waals surface area contributed by atoms with Crippen LogP contribution in [0.2, 0.25) is 0 Å². The van der Waals surface area contributed by atoms with E-state index in [4.69, 9.17) is 4.42 Å². The summed E-state index contributed by atoms with van der Waals surface area (Å²) in [5.74, 6) is 2.10. The number of aryl methyl sites for hydroxylation is 1. The van der Waals surface area contributed by atoms with Crippen molar-refractivity contribution in [2.24, 2.45) is 0 Å². The summed E-state index contributed by atoms with van der Waals surface area (Å²) in [5, 5.41) is 11.5. The number of amides is 1. The molecule has 0 aliphatic carbocycles. The van der Waals surface area contributed by atoms with E-state index in [0.29, 0.717) is 25.3 Å². The zero-order valence-electron chi connectivity index (χ0n) is 12.6. The third kappa shape index (κ3) is 2.32. The van der Waals surface area contributed by atoms with E-state index in [1.54, 1.807) is 17.1 Å². The third-order valence-electron chi connectivity index (χ3n) is 4.03. The fraction of sp³-hybridized carbons (Fsp3) is 0.333. The highest BCUT2D eigenvalue weighted by Gasteiger charge is 2.32. The normalized spacial score (nSPS) is 17.1. The van der Waals surface area contributed by atoms with Gasteiger partial charge in [-0.2, -0.15) is 10.2 Å². The van der Waals surface area contributed by atoms with Crippen molar-refractivity contribution in [3.05, 3.63) is 48.1 Å².